The molecule has 0 aliphatic heterocycles. The van der Waals surface area contributed by atoms with Crippen LogP contribution >= 0.6 is 11.6 Å². The van der Waals surface area contributed by atoms with Crippen LogP contribution in [0.1, 0.15) is 30.4 Å². The predicted molar refractivity (Wildman–Crippen MR) is 113 cm³/mol. The van der Waals surface area contributed by atoms with Gasteiger partial charge in [0.1, 0.15) is 0 Å². The van der Waals surface area contributed by atoms with Crippen molar-refractivity contribution in [3.63, 3.8) is 0 Å². The zero-order valence-electron chi connectivity index (χ0n) is 15.7. The summed E-state index contributed by atoms with van der Waals surface area (Å²) in [5, 5.41) is 0.853. The SMILES string of the molecule is Clc1ccccc1-c1cccc2c1-c1ccccc1C21C2CC3CC4CC1C342. The monoisotopic (exact) mass is 380 g/mol. The normalized spacial score (nSPS) is 39.5. The molecule has 1 heteroatoms. The van der Waals surface area contributed by atoms with Crippen molar-refractivity contribution in [1.82, 2.24) is 0 Å². The van der Waals surface area contributed by atoms with Gasteiger partial charge < -0.3 is 0 Å². The van der Waals surface area contributed by atoms with Gasteiger partial charge in [0, 0.05) is 16.0 Å². The summed E-state index contributed by atoms with van der Waals surface area (Å²) in [5.74, 6) is 3.86. The average Bonchev–Trinajstić information content (AvgIpc) is 2.97. The lowest BCUT2D eigenvalue weighted by Gasteiger charge is -2.92. The molecular weight excluding hydrogens is 360 g/mol. The van der Waals surface area contributed by atoms with Crippen LogP contribution in [-0.2, 0) is 5.41 Å². The Bertz CT molecular complexity index is 1180. The quantitative estimate of drug-likeness (QED) is 0.428. The van der Waals surface area contributed by atoms with Gasteiger partial charge in [0.25, 0.3) is 0 Å². The Hall–Kier alpha value is -2.05. The average molecular weight is 381 g/mol. The highest BCUT2D eigenvalue weighted by Gasteiger charge is 2.90. The Morgan fingerprint density at radius 1 is 0.643 bits per heavy atom. The number of hydrogen-bond acceptors (Lipinski definition) is 0. The first-order chi connectivity index (χ1) is 13.8. The lowest BCUT2D eigenvalue weighted by molar-refractivity contribution is -0.412. The maximum atomic E-state index is 6.66. The van der Waals surface area contributed by atoms with E-state index in [1.165, 1.54) is 41.5 Å². The minimum absolute atomic E-state index is 0.288. The van der Waals surface area contributed by atoms with E-state index in [1.807, 2.05) is 12.1 Å². The van der Waals surface area contributed by atoms with Crippen molar-refractivity contribution in [3.8, 4) is 22.3 Å². The summed E-state index contributed by atoms with van der Waals surface area (Å²) >= 11 is 6.66. The van der Waals surface area contributed by atoms with E-state index in [0.29, 0.717) is 0 Å². The molecule has 2 spiro atoms. The maximum absolute atomic E-state index is 6.66. The molecular formula is C27H21Cl. The van der Waals surface area contributed by atoms with Gasteiger partial charge in [0.2, 0.25) is 0 Å². The first-order valence-corrected chi connectivity index (χ1v) is 11.1. The number of halogens is 1. The molecule has 5 aliphatic carbocycles. The van der Waals surface area contributed by atoms with Crippen molar-refractivity contribution >= 4 is 11.6 Å². The van der Waals surface area contributed by atoms with Crippen molar-refractivity contribution in [3.05, 3.63) is 82.9 Å². The van der Waals surface area contributed by atoms with Crippen LogP contribution in [0.4, 0.5) is 0 Å². The maximum Gasteiger partial charge on any atom is 0.0484 e. The van der Waals surface area contributed by atoms with Gasteiger partial charge in [0.05, 0.1) is 0 Å². The molecule has 3 aromatic rings. The summed E-state index contributed by atoms with van der Waals surface area (Å²) in [6.07, 6.45) is 4.44. The fourth-order valence-corrected chi connectivity index (χ4v) is 9.16. The summed E-state index contributed by atoms with van der Waals surface area (Å²) in [6, 6.07) is 24.6. The van der Waals surface area contributed by atoms with Gasteiger partial charge in [-0.05, 0) is 82.2 Å². The molecule has 0 saturated heterocycles. The molecule has 8 rings (SSSR count). The predicted octanol–water partition coefficient (Wildman–Crippen LogP) is 6.95. The molecule has 4 unspecified atom stereocenters. The molecule has 28 heavy (non-hydrogen) atoms. The third kappa shape index (κ3) is 1.21. The number of benzene rings is 3. The minimum atomic E-state index is 0.288. The Morgan fingerprint density at radius 2 is 1.29 bits per heavy atom. The van der Waals surface area contributed by atoms with E-state index in [2.05, 4.69) is 54.6 Å². The van der Waals surface area contributed by atoms with Gasteiger partial charge in [-0.25, -0.2) is 0 Å². The molecule has 136 valence electrons. The van der Waals surface area contributed by atoms with Crippen LogP contribution in [0.5, 0.6) is 0 Å². The van der Waals surface area contributed by atoms with E-state index in [-0.39, 0.29) is 5.41 Å². The van der Waals surface area contributed by atoms with Gasteiger partial charge in [-0.15, -0.1) is 0 Å². The molecule has 0 amide bonds. The summed E-state index contributed by atoms with van der Waals surface area (Å²) in [6.45, 7) is 0. The van der Waals surface area contributed by atoms with Crippen molar-refractivity contribution in [2.45, 2.75) is 24.7 Å². The standard InChI is InChI=1S/C27H21Cl/c28-22-11-4-2-6-17(22)18-8-5-10-21-25(18)19-7-1-3-9-20(19)27(21)23-13-15-12-16-14-24(27)26(15,16)23/h1-11,15-16,23-24H,12-14H2. The smallest absolute Gasteiger partial charge is 0.0484 e. The fourth-order valence-electron chi connectivity index (χ4n) is 8.92. The summed E-state index contributed by atoms with van der Waals surface area (Å²) in [4.78, 5) is 0. The topological polar surface area (TPSA) is 0 Å². The Labute approximate surface area is 170 Å². The van der Waals surface area contributed by atoms with E-state index >= 15 is 0 Å². The van der Waals surface area contributed by atoms with E-state index in [4.69, 9.17) is 11.6 Å². The highest BCUT2D eigenvalue weighted by Crippen LogP contribution is 2.94. The molecule has 0 bridgehead atoms. The highest BCUT2D eigenvalue weighted by atomic mass is 35.5. The minimum Gasteiger partial charge on any atom is -0.0837 e. The van der Waals surface area contributed by atoms with Crippen LogP contribution in [-0.4, -0.2) is 0 Å². The Kier molecular flexibility index (Phi) is 2.34. The summed E-state index contributed by atoms with van der Waals surface area (Å²) in [7, 11) is 0. The summed E-state index contributed by atoms with van der Waals surface area (Å²) in [5.41, 5.74) is 9.68. The molecule has 4 fully saturated rings. The van der Waals surface area contributed by atoms with E-state index in [9.17, 15) is 0 Å². The third-order valence-corrected chi connectivity index (χ3v) is 9.98. The number of rotatable bonds is 1. The largest absolute Gasteiger partial charge is 0.0837 e. The second-order valence-electron chi connectivity index (χ2n) is 9.83. The first-order valence-electron chi connectivity index (χ1n) is 10.8. The molecule has 0 radical (unpaired) electrons. The Morgan fingerprint density at radius 3 is 2.04 bits per heavy atom. The molecule has 0 heterocycles. The molecule has 5 aliphatic rings. The second-order valence-corrected chi connectivity index (χ2v) is 10.2. The van der Waals surface area contributed by atoms with E-state index in [1.54, 1.807) is 11.1 Å². The van der Waals surface area contributed by atoms with Crippen LogP contribution in [0.15, 0.2) is 66.7 Å². The summed E-state index contributed by atoms with van der Waals surface area (Å²) < 4.78 is 0. The lowest BCUT2D eigenvalue weighted by atomic mass is 9.11. The number of hydrogen-bond donors (Lipinski definition) is 0. The number of fused-ring (bicyclic) bond motifs is 7. The van der Waals surface area contributed by atoms with Crippen LogP contribution in [0.3, 0.4) is 0 Å². The van der Waals surface area contributed by atoms with Crippen LogP contribution in [0, 0.1) is 29.1 Å². The van der Waals surface area contributed by atoms with Crippen molar-refractivity contribution in [1.29, 1.82) is 0 Å². The third-order valence-electron chi connectivity index (χ3n) is 9.65. The van der Waals surface area contributed by atoms with Crippen molar-refractivity contribution in [2.75, 3.05) is 0 Å². The van der Waals surface area contributed by atoms with Crippen molar-refractivity contribution < 1.29 is 0 Å². The Balaban J connectivity index is 1.44. The van der Waals surface area contributed by atoms with Crippen LogP contribution in [0.2, 0.25) is 5.02 Å². The first kappa shape index (κ1) is 14.9. The fraction of sp³-hybridized carbons (Fsp3) is 0.333. The van der Waals surface area contributed by atoms with E-state index < -0.39 is 0 Å². The molecule has 0 nitrogen and oxygen atoms in total. The van der Waals surface area contributed by atoms with Gasteiger partial charge >= 0.3 is 0 Å². The van der Waals surface area contributed by atoms with Crippen molar-refractivity contribution in [2.24, 2.45) is 29.1 Å². The second kappa shape index (κ2) is 4.41. The van der Waals surface area contributed by atoms with Gasteiger partial charge in [-0.1, -0.05) is 72.3 Å². The zero-order valence-corrected chi connectivity index (χ0v) is 16.4. The molecule has 4 atom stereocenters. The molecule has 3 aromatic carbocycles. The molecule has 0 aromatic heterocycles. The van der Waals surface area contributed by atoms with Gasteiger partial charge in [-0.3, -0.25) is 0 Å². The molecule has 0 N–H and O–H groups in total. The zero-order chi connectivity index (χ0) is 18.3. The lowest BCUT2D eigenvalue weighted by Crippen LogP contribution is -2.88. The highest BCUT2D eigenvalue weighted by molar-refractivity contribution is 6.33. The molecule has 4 saturated carbocycles. The van der Waals surface area contributed by atoms with Crippen LogP contribution < -0.4 is 0 Å². The van der Waals surface area contributed by atoms with Crippen LogP contribution in [0.25, 0.3) is 22.3 Å². The van der Waals surface area contributed by atoms with E-state index in [0.717, 1.165) is 34.1 Å². The van der Waals surface area contributed by atoms with Gasteiger partial charge in [-0.2, -0.15) is 0 Å². The van der Waals surface area contributed by atoms with Gasteiger partial charge in [0.15, 0.2) is 0 Å².